The van der Waals surface area contributed by atoms with Crippen molar-refractivity contribution < 1.29 is 30.0 Å². The molecule has 0 aliphatic heterocycles. The predicted molar refractivity (Wildman–Crippen MR) is 113 cm³/mol. The lowest BCUT2D eigenvalue weighted by Gasteiger charge is -2.30. The topological polar surface area (TPSA) is 118 Å². The van der Waals surface area contributed by atoms with E-state index in [-0.39, 0.29) is 27.4 Å². The van der Waals surface area contributed by atoms with Crippen LogP contribution in [0.5, 0.6) is 17.2 Å². The molecule has 0 spiro atoms. The number of thioether (sulfide) groups is 1. The first-order valence-electron chi connectivity index (χ1n) is 7.92. The first kappa shape index (κ1) is 26.5. The number of hydrogen-bond donors (Lipinski definition) is 4. The lowest BCUT2D eigenvalue weighted by atomic mass is 10.2. The summed E-state index contributed by atoms with van der Waals surface area (Å²) in [4.78, 5) is 24.0. The van der Waals surface area contributed by atoms with Gasteiger partial charge in [-0.05, 0) is 39.8 Å². The average Bonchev–Trinajstić information content (AvgIpc) is 2.56. The van der Waals surface area contributed by atoms with E-state index < -0.39 is 23.2 Å². The summed E-state index contributed by atoms with van der Waals surface area (Å²) in [7, 11) is 0. The van der Waals surface area contributed by atoms with Crippen LogP contribution in [0.4, 0.5) is 4.79 Å². The zero-order chi connectivity index (χ0) is 22.2. The number of carboxylic acids is 1. The van der Waals surface area contributed by atoms with Gasteiger partial charge in [0.15, 0.2) is 17.2 Å². The summed E-state index contributed by atoms with van der Waals surface area (Å²) in [6.45, 7) is 7.91. The van der Waals surface area contributed by atoms with Crippen LogP contribution in [0.15, 0.2) is 21.7 Å². The Bertz CT molecular complexity index is 705. The number of phenolic OH excluding ortho intramolecular Hbond substituents is 3. The molecular weight excluding hydrogens is 453 g/mol. The second kappa shape index (κ2) is 12.2. The van der Waals surface area contributed by atoms with Gasteiger partial charge in [0.2, 0.25) is 0 Å². The summed E-state index contributed by atoms with van der Waals surface area (Å²) >= 11 is 17.8. The minimum absolute atomic E-state index is 0.0160. The predicted octanol–water partition coefficient (Wildman–Crippen LogP) is 5.35. The molecule has 0 bridgehead atoms. The van der Waals surface area contributed by atoms with Crippen LogP contribution in [0, 0.1) is 0 Å². The van der Waals surface area contributed by atoms with Crippen molar-refractivity contribution in [3.63, 3.8) is 0 Å². The van der Waals surface area contributed by atoms with E-state index in [1.807, 2.05) is 27.7 Å². The Kier molecular flexibility index (Phi) is 11.5. The number of hydrogen-bond acceptors (Lipinski definition) is 6. The van der Waals surface area contributed by atoms with Crippen LogP contribution >= 0.6 is 46.6 Å². The van der Waals surface area contributed by atoms with Crippen LogP contribution in [0.2, 0.25) is 0 Å². The number of rotatable bonds is 5. The van der Waals surface area contributed by atoms with E-state index in [9.17, 15) is 9.59 Å². The normalized spacial score (nSPS) is 10.3. The molecule has 0 heterocycles. The molecule has 7 nitrogen and oxygen atoms in total. The number of carboxylic acid groups (broad SMARTS) is 1. The molecule has 0 saturated carbocycles. The van der Waals surface area contributed by atoms with E-state index in [1.165, 1.54) is 0 Å². The highest BCUT2D eigenvalue weighted by molar-refractivity contribution is 8.13. The van der Waals surface area contributed by atoms with Gasteiger partial charge in [0.05, 0.1) is 10.6 Å². The second-order valence-electron chi connectivity index (χ2n) is 5.98. The first-order valence-corrected chi connectivity index (χ1v) is 10.0. The van der Waals surface area contributed by atoms with Gasteiger partial charge in [-0.15, -0.1) is 0 Å². The maximum Gasteiger partial charge on any atom is 0.335 e. The van der Waals surface area contributed by atoms with E-state index in [0.29, 0.717) is 10.8 Å². The van der Waals surface area contributed by atoms with Gasteiger partial charge in [0.1, 0.15) is 4.49 Å². The Hall–Kier alpha value is -1.48. The fourth-order valence-corrected chi connectivity index (χ4v) is 3.42. The first-order chi connectivity index (χ1) is 12.8. The summed E-state index contributed by atoms with van der Waals surface area (Å²) in [6.07, 6.45) is 0. The van der Waals surface area contributed by atoms with Crippen molar-refractivity contribution in [2.24, 2.45) is 0 Å². The highest BCUT2D eigenvalue weighted by atomic mass is 35.5. The van der Waals surface area contributed by atoms with E-state index >= 15 is 0 Å². The van der Waals surface area contributed by atoms with E-state index in [2.05, 4.69) is 0 Å². The average molecular weight is 475 g/mol. The summed E-state index contributed by atoms with van der Waals surface area (Å²) in [6, 6.07) is 2.01. The Morgan fingerprint density at radius 2 is 1.43 bits per heavy atom. The molecule has 0 aromatic heterocycles. The number of amides is 1. The minimum atomic E-state index is -1.29. The molecule has 0 aliphatic rings. The van der Waals surface area contributed by atoms with Crippen LogP contribution in [-0.2, 0) is 0 Å². The monoisotopic (exact) mass is 473 g/mol. The molecule has 0 saturated heterocycles. The standard InChI is InChI=1S/C10H16Cl3NOS.C7H6O5/c1-6(2)14(7(3)4)10(15)16-5-8(11)9(12)13;8-4-1-3(7(11)12)2-5(9)6(4)10/h6-7H,5H2,1-4H3;1-2,8-10H,(H,11,12). The van der Waals surface area contributed by atoms with Crippen molar-refractivity contribution in [3.05, 3.63) is 27.2 Å². The molecule has 1 aromatic rings. The number of aromatic hydroxyl groups is 3. The number of phenols is 3. The molecule has 11 heteroatoms. The molecule has 0 fully saturated rings. The van der Waals surface area contributed by atoms with Crippen molar-refractivity contribution in [1.82, 2.24) is 4.90 Å². The smallest absolute Gasteiger partial charge is 0.335 e. The molecule has 0 unspecified atom stereocenters. The Balaban J connectivity index is 0.000000540. The van der Waals surface area contributed by atoms with E-state index in [4.69, 9.17) is 55.2 Å². The van der Waals surface area contributed by atoms with Crippen LogP contribution in [0.1, 0.15) is 38.1 Å². The lowest BCUT2D eigenvalue weighted by molar-refractivity contribution is 0.0695. The molecule has 4 N–H and O–H groups in total. The summed E-state index contributed by atoms with van der Waals surface area (Å²) in [5.74, 6) is -3.03. The van der Waals surface area contributed by atoms with Gasteiger partial charge in [-0.3, -0.25) is 4.79 Å². The van der Waals surface area contributed by atoms with Gasteiger partial charge in [-0.1, -0.05) is 46.6 Å². The highest BCUT2D eigenvalue weighted by Gasteiger charge is 2.20. The van der Waals surface area contributed by atoms with Crippen LogP contribution in [0.3, 0.4) is 0 Å². The maximum atomic E-state index is 11.9. The van der Waals surface area contributed by atoms with Gasteiger partial charge in [-0.25, -0.2) is 4.79 Å². The Labute approximate surface area is 182 Å². The van der Waals surface area contributed by atoms with Crippen molar-refractivity contribution in [3.8, 4) is 17.2 Å². The Morgan fingerprint density at radius 3 is 1.75 bits per heavy atom. The molecule has 0 radical (unpaired) electrons. The SMILES string of the molecule is CC(C)N(C(=O)SCC(Cl)=C(Cl)Cl)C(C)C.O=C(O)c1cc(O)c(O)c(O)c1. The van der Waals surface area contributed by atoms with Crippen LogP contribution in [-0.4, -0.2) is 54.4 Å². The number of carbonyl (C=O) groups is 2. The number of halogens is 3. The Morgan fingerprint density at radius 1 is 1.00 bits per heavy atom. The minimum Gasteiger partial charge on any atom is -0.504 e. The van der Waals surface area contributed by atoms with Gasteiger partial charge in [-0.2, -0.15) is 0 Å². The van der Waals surface area contributed by atoms with E-state index in [1.54, 1.807) is 4.90 Å². The fourth-order valence-electron chi connectivity index (χ4n) is 2.00. The number of carbonyl (C=O) groups excluding carboxylic acids is 1. The van der Waals surface area contributed by atoms with Gasteiger partial charge < -0.3 is 25.3 Å². The molecule has 1 amide bonds. The molecule has 158 valence electrons. The largest absolute Gasteiger partial charge is 0.504 e. The molecular formula is C17H22Cl3NO6S. The molecule has 0 atom stereocenters. The zero-order valence-electron chi connectivity index (χ0n) is 15.6. The van der Waals surface area contributed by atoms with Crippen molar-refractivity contribution in [2.75, 3.05) is 5.75 Å². The van der Waals surface area contributed by atoms with Crippen LogP contribution in [0.25, 0.3) is 0 Å². The quantitative estimate of drug-likeness (QED) is 0.425. The van der Waals surface area contributed by atoms with Gasteiger partial charge in [0.25, 0.3) is 5.24 Å². The molecule has 1 aromatic carbocycles. The number of nitrogens with zero attached hydrogens (tertiary/aromatic N) is 1. The fraction of sp³-hybridized carbons (Fsp3) is 0.412. The van der Waals surface area contributed by atoms with Crippen molar-refractivity contribution in [2.45, 2.75) is 39.8 Å². The molecule has 0 aliphatic carbocycles. The lowest BCUT2D eigenvalue weighted by Crippen LogP contribution is -2.39. The number of aromatic carboxylic acids is 1. The zero-order valence-corrected chi connectivity index (χ0v) is 18.7. The third-order valence-corrected chi connectivity index (χ3v) is 5.19. The van der Waals surface area contributed by atoms with Gasteiger partial charge in [0, 0.05) is 17.8 Å². The highest BCUT2D eigenvalue weighted by Crippen LogP contribution is 2.35. The maximum absolute atomic E-state index is 11.9. The van der Waals surface area contributed by atoms with Crippen molar-refractivity contribution in [1.29, 1.82) is 0 Å². The summed E-state index contributed by atoms with van der Waals surface area (Å²) in [5.41, 5.74) is -0.289. The van der Waals surface area contributed by atoms with Gasteiger partial charge >= 0.3 is 5.97 Å². The van der Waals surface area contributed by atoms with Crippen LogP contribution < -0.4 is 0 Å². The number of benzene rings is 1. The summed E-state index contributed by atoms with van der Waals surface area (Å²) < 4.78 is 0.0163. The molecule has 28 heavy (non-hydrogen) atoms. The third-order valence-electron chi connectivity index (χ3n) is 3.17. The second-order valence-corrected chi connectivity index (χ2v) is 8.32. The summed E-state index contributed by atoms with van der Waals surface area (Å²) in [5, 5.41) is 35.2. The van der Waals surface area contributed by atoms with Crippen molar-refractivity contribution >= 4 is 57.8 Å². The molecule has 1 rings (SSSR count). The third kappa shape index (κ3) is 8.68. The van der Waals surface area contributed by atoms with E-state index in [0.717, 1.165) is 23.9 Å².